The highest BCUT2D eigenvalue weighted by Gasteiger charge is 2.33. The number of carbonyl (C=O) groups excluding carboxylic acids is 1. The first-order valence-corrected chi connectivity index (χ1v) is 8.94. The lowest BCUT2D eigenvalue weighted by atomic mass is 10.1. The van der Waals surface area contributed by atoms with E-state index in [9.17, 15) is 9.59 Å². The average Bonchev–Trinajstić information content (AvgIpc) is 3.23. The third-order valence-corrected chi connectivity index (χ3v) is 4.36. The summed E-state index contributed by atoms with van der Waals surface area (Å²) in [5.41, 5.74) is 0.286. The number of amides is 1. The number of carbonyl (C=O) groups is 1. The van der Waals surface area contributed by atoms with Crippen molar-refractivity contribution in [3.63, 3.8) is 0 Å². The maximum absolute atomic E-state index is 12.5. The van der Waals surface area contributed by atoms with Gasteiger partial charge in [0.15, 0.2) is 17.3 Å². The number of fused-ring (bicyclic) bond motifs is 1. The molecule has 3 heterocycles. The molecule has 1 amide bonds. The van der Waals surface area contributed by atoms with Crippen molar-refractivity contribution < 1.29 is 18.7 Å². The SMILES string of the molecule is CC1Oc2ccccc2OC1C(=O)NCCn1nc(-c2ccco2)ccc1=O. The van der Waals surface area contributed by atoms with Crippen molar-refractivity contribution in [2.24, 2.45) is 0 Å². The summed E-state index contributed by atoms with van der Waals surface area (Å²) < 4.78 is 18.1. The quantitative estimate of drug-likeness (QED) is 0.725. The van der Waals surface area contributed by atoms with Crippen molar-refractivity contribution in [3.05, 3.63) is 65.1 Å². The van der Waals surface area contributed by atoms with E-state index in [1.54, 1.807) is 37.3 Å². The molecule has 0 bridgehead atoms. The molecule has 0 fully saturated rings. The highest BCUT2D eigenvalue weighted by atomic mass is 16.6. The summed E-state index contributed by atoms with van der Waals surface area (Å²) in [5.74, 6) is 1.41. The fourth-order valence-corrected chi connectivity index (χ4v) is 2.96. The van der Waals surface area contributed by atoms with Crippen molar-refractivity contribution in [1.82, 2.24) is 15.1 Å². The molecule has 1 aromatic carbocycles. The van der Waals surface area contributed by atoms with Crippen LogP contribution in [0.15, 0.2) is 64.0 Å². The summed E-state index contributed by atoms with van der Waals surface area (Å²) in [6.45, 7) is 2.22. The van der Waals surface area contributed by atoms with Gasteiger partial charge in [-0.2, -0.15) is 5.10 Å². The van der Waals surface area contributed by atoms with Gasteiger partial charge >= 0.3 is 0 Å². The highest BCUT2D eigenvalue weighted by Crippen LogP contribution is 2.33. The van der Waals surface area contributed by atoms with E-state index >= 15 is 0 Å². The summed E-state index contributed by atoms with van der Waals surface area (Å²) in [4.78, 5) is 24.5. The van der Waals surface area contributed by atoms with Crippen molar-refractivity contribution in [1.29, 1.82) is 0 Å². The zero-order valence-electron chi connectivity index (χ0n) is 15.2. The molecular weight excluding hydrogens is 362 g/mol. The van der Waals surface area contributed by atoms with Crippen LogP contribution < -0.4 is 20.3 Å². The molecule has 2 unspecified atom stereocenters. The predicted molar refractivity (Wildman–Crippen MR) is 100 cm³/mol. The minimum atomic E-state index is -0.769. The second-order valence-corrected chi connectivity index (χ2v) is 6.36. The van der Waals surface area contributed by atoms with Gasteiger partial charge in [0, 0.05) is 12.6 Å². The molecule has 1 aliphatic rings. The van der Waals surface area contributed by atoms with E-state index in [-0.39, 0.29) is 24.6 Å². The first-order chi connectivity index (χ1) is 13.6. The number of furan rings is 1. The third kappa shape index (κ3) is 3.62. The van der Waals surface area contributed by atoms with Crippen LogP contribution in [0.3, 0.4) is 0 Å². The third-order valence-electron chi connectivity index (χ3n) is 4.36. The zero-order valence-corrected chi connectivity index (χ0v) is 15.2. The van der Waals surface area contributed by atoms with Crippen molar-refractivity contribution >= 4 is 5.91 Å². The van der Waals surface area contributed by atoms with Crippen LogP contribution in [0.1, 0.15) is 6.92 Å². The number of hydrogen-bond donors (Lipinski definition) is 1. The van der Waals surface area contributed by atoms with Gasteiger partial charge < -0.3 is 19.2 Å². The molecule has 4 rings (SSSR count). The number of para-hydroxylation sites is 2. The monoisotopic (exact) mass is 381 g/mol. The summed E-state index contributed by atoms with van der Waals surface area (Å²) in [5, 5.41) is 7.05. The van der Waals surface area contributed by atoms with Crippen LogP contribution in [0, 0.1) is 0 Å². The van der Waals surface area contributed by atoms with Gasteiger partial charge in [-0.1, -0.05) is 12.1 Å². The zero-order chi connectivity index (χ0) is 19.5. The predicted octanol–water partition coefficient (Wildman–Crippen LogP) is 1.85. The minimum absolute atomic E-state index is 0.220. The lowest BCUT2D eigenvalue weighted by Crippen LogP contribution is -2.49. The lowest BCUT2D eigenvalue weighted by Gasteiger charge is -2.31. The molecule has 8 heteroatoms. The molecule has 144 valence electrons. The number of rotatable bonds is 5. The minimum Gasteiger partial charge on any atom is -0.482 e. The smallest absolute Gasteiger partial charge is 0.266 e. The van der Waals surface area contributed by atoms with Gasteiger partial charge in [0.1, 0.15) is 11.8 Å². The van der Waals surface area contributed by atoms with E-state index in [1.807, 2.05) is 12.1 Å². The molecule has 2 aromatic heterocycles. The van der Waals surface area contributed by atoms with E-state index in [4.69, 9.17) is 13.9 Å². The Bertz CT molecular complexity index is 1030. The number of nitrogens with zero attached hydrogens (tertiary/aromatic N) is 2. The van der Waals surface area contributed by atoms with Crippen LogP contribution in [0.5, 0.6) is 11.5 Å². The molecule has 28 heavy (non-hydrogen) atoms. The lowest BCUT2D eigenvalue weighted by molar-refractivity contribution is -0.133. The Morgan fingerprint density at radius 2 is 1.89 bits per heavy atom. The Labute approximate surface area is 160 Å². The Balaban J connectivity index is 1.38. The first-order valence-electron chi connectivity index (χ1n) is 8.94. The molecule has 0 radical (unpaired) electrons. The Morgan fingerprint density at radius 1 is 1.11 bits per heavy atom. The second kappa shape index (κ2) is 7.59. The van der Waals surface area contributed by atoms with Gasteiger partial charge in [-0.15, -0.1) is 0 Å². The van der Waals surface area contributed by atoms with E-state index in [0.29, 0.717) is 23.0 Å². The highest BCUT2D eigenvalue weighted by molar-refractivity contribution is 5.82. The second-order valence-electron chi connectivity index (χ2n) is 6.36. The maximum atomic E-state index is 12.5. The Kier molecular flexibility index (Phi) is 4.84. The molecule has 2 atom stereocenters. The van der Waals surface area contributed by atoms with Crippen LogP contribution in [-0.4, -0.2) is 34.4 Å². The summed E-state index contributed by atoms with van der Waals surface area (Å²) in [7, 11) is 0. The van der Waals surface area contributed by atoms with E-state index < -0.39 is 12.2 Å². The Hall–Kier alpha value is -3.55. The number of benzene rings is 1. The van der Waals surface area contributed by atoms with Gasteiger partial charge in [0.25, 0.3) is 11.5 Å². The summed E-state index contributed by atoms with van der Waals surface area (Å²) in [6, 6.07) is 13.7. The first kappa shape index (κ1) is 17.8. The molecular formula is C20H19N3O5. The van der Waals surface area contributed by atoms with Crippen LogP contribution in [0.4, 0.5) is 0 Å². The Morgan fingerprint density at radius 3 is 2.64 bits per heavy atom. The molecule has 1 N–H and O–H groups in total. The number of ether oxygens (including phenoxy) is 2. The molecule has 0 saturated carbocycles. The molecule has 0 saturated heterocycles. The van der Waals surface area contributed by atoms with E-state index in [1.165, 1.54) is 17.0 Å². The maximum Gasteiger partial charge on any atom is 0.266 e. The van der Waals surface area contributed by atoms with Gasteiger partial charge in [-0.05, 0) is 37.3 Å². The van der Waals surface area contributed by atoms with Crippen LogP contribution in [0.2, 0.25) is 0 Å². The van der Waals surface area contributed by atoms with Crippen LogP contribution in [0.25, 0.3) is 11.5 Å². The topological polar surface area (TPSA) is 95.6 Å². The van der Waals surface area contributed by atoms with Crippen molar-refractivity contribution in [3.8, 4) is 23.0 Å². The standard InChI is InChI=1S/C20H19N3O5/c1-13-19(28-17-6-3-2-5-16(17)27-13)20(25)21-10-11-23-18(24)9-8-14(22-23)15-7-4-12-26-15/h2-9,12-13,19H,10-11H2,1H3,(H,21,25). The molecule has 0 aliphatic carbocycles. The van der Waals surface area contributed by atoms with Gasteiger partial charge in [-0.25, -0.2) is 4.68 Å². The van der Waals surface area contributed by atoms with Crippen LogP contribution >= 0.6 is 0 Å². The largest absolute Gasteiger partial charge is 0.482 e. The number of hydrogen-bond acceptors (Lipinski definition) is 6. The van der Waals surface area contributed by atoms with Crippen molar-refractivity contribution in [2.45, 2.75) is 25.7 Å². The summed E-state index contributed by atoms with van der Waals surface area (Å²) in [6.07, 6.45) is 0.338. The fourth-order valence-electron chi connectivity index (χ4n) is 2.96. The molecule has 1 aliphatic heterocycles. The number of aromatic nitrogens is 2. The number of nitrogens with one attached hydrogen (secondary N) is 1. The molecule has 3 aromatic rings. The van der Waals surface area contributed by atoms with Gasteiger partial charge in [0.2, 0.25) is 6.10 Å². The van der Waals surface area contributed by atoms with E-state index in [2.05, 4.69) is 10.4 Å². The summed E-state index contributed by atoms with van der Waals surface area (Å²) >= 11 is 0. The average molecular weight is 381 g/mol. The van der Waals surface area contributed by atoms with Crippen LogP contribution in [-0.2, 0) is 11.3 Å². The fraction of sp³-hybridized carbons (Fsp3) is 0.250. The van der Waals surface area contributed by atoms with E-state index in [0.717, 1.165) is 0 Å². The van der Waals surface area contributed by atoms with Gasteiger partial charge in [-0.3, -0.25) is 9.59 Å². The normalized spacial score (nSPS) is 17.9. The van der Waals surface area contributed by atoms with Crippen molar-refractivity contribution in [2.75, 3.05) is 6.54 Å². The van der Waals surface area contributed by atoms with Gasteiger partial charge in [0.05, 0.1) is 12.8 Å². The molecule has 8 nitrogen and oxygen atoms in total. The molecule has 0 spiro atoms.